The van der Waals surface area contributed by atoms with Crippen LogP contribution in [0.1, 0.15) is 25.0 Å². The lowest BCUT2D eigenvalue weighted by Crippen LogP contribution is -2.58. The van der Waals surface area contributed by atoms with Gasteiger partial charge in [0.2, 0.25) is 5.72 Å². The summed E-state index contributed by atoms with van der Waals surface area (Å²) in [5.74, 6) is 0.860. The van der Waals surface area contributed by atoms with Crippen LogP contribution >= 0.6 is 15.9 Å². The number of ether oxygens (including phenoxy) is 1. The molecule has 0 saturated carbocycles. The van der Waals surface area contributed by atoms with Gasteiger partial charge in [0, 0.05) is 29.1 Å². The fourth-order valence-electron chi connectivity index (χ4n) is 5.12. The molecule has 0 radical (unpaired) electrons. The van der Waals surface area contributed by atoms with Crippen LogP contribution in [0, 0.1) is 0 Å². The molecule has 0 N–H and O–H groups in total. The van der Waals surface area contributed by atoms with E-state index in [2.05, 4.69) is 84.2 Å². The molecule has 1 atom stereocenters. The van der Waals surface area contributed by atoms with Crippen molar-refractivity contribution in [2.45, 2.75) is 25.0 Å². The molecule has 1 spiro atoms. The van der Waals surface area contributed by atoms with Crippen LogP contribution < -0.4 is 9.64 Å². The third-order valence-corrected chi connectivity index (χ3v) is 7.27. The van der Waals surface area contributed by atoms with E-state index in [1.165, 1.54) is 11.3 Å². The lowest BCUT2D eigenvalue weighted by atomic mass is 9.76. The first-order chi connectivity index (χ1) is 13.9. The molecule has 3 nitrogen and oxygen atoms in total. The largest absolute Gasteiger partial charge is 0.462 e. The van der Waals surface area contributed by atoms with Crippen LogP contribution in [-0.4, -0.2) is 12.8 Å². The Morgan fingerprint density at radius 2 is 1.72 bits per heavy atom. The van der Waals surface area contributed by atoms with Crippen LogP contribution in [0.25, 0.3) is 28.0 Å². The number of nitrogens with zero attached hydrogens (tertiary/aromatic N) is 1. The second kappa shape index (κ2) is 5.45. The quantitative estimate of drug-likeness (QED) is 0.295. The molecule has 1 unspecified atom stereocenters. The first-order valence-electron chi connectivity index (χ1n) is 9.79. The van der Waals surface area contributed by atoms with Gasteiger partial charge in [-0.05, 0) is 65.7 Å². The van der Waals surface area contributed by atoms with Crippen molar-refractivity contribution in [1.29, 1.82) is 0 Å². The molecule has 144 valence electrons. The Balaban J connectivity index is 1.62. The molecule has 0 fully saturated rings. The minimum Gasteiger partial charge on any atom is -0.462 e. The summed E-state index contributed by atoms with van der Waals surface area (Å²) in [5.41, 5.74) is 4.49. The minimum absolute atomic E-state index is 0.223. The van der Waals surface area contributed by atoms with Crippen molar-refractivity contribution in [2.24, 2.45) is 0 Å². The van der Waals surface area contributed by atoms with Crippen LogP contribution in [0.15, 0.2) is 69.6 Å². The van der Waals surface area contributed by atoms with Gasteiger partial charge in [-0.15, -0.1) is 0 Å². The monoisotopic (exact) mass is 445 g/mol. The summed E-state index contributed by atoms with van der Waals surface area (Å²) in [7, 11) is 2.11. The highest BCUT2D eigenvalue weighted by atomic mass is 79.9. The van der Waals surface area contributed by atoms with Crippen molar-refractivity contribution in [3.63, 3.8) is 0 Å². The zero-order valence-electron chi connectivity index (χ0n) is 16.5. The third-order valence-electron chi connectivity index (χ3n) is 6.68. The van der Waals surface area contributed by atoms with Crippen LogP contribution in [0.3, 0.4) is 0 Å². The van der Waals surface area contributed by atoms with Gasteiger partial charge in [0.1, 0.15) is 16.9 Å². The number of para-hydroxylation sites is 2. The highest BCUT2D eigenvalue weighted by Gasteiger charge is 2.57. The molecule has 3 aromatic carbocycles. The first kappa shape index (κ1) is 17.2. The molecular formula is C25H20BrNO2. The highest BCUT2D eigenvalue weighted by Crippen LogP contribution is 2.56. The van der Waals surface area contributed by atoms with Crippen molar-refractivity contribution in [3.8, 4) is 5.75 Å². The second-order valence-electron chi connectivity index (χ2n) is 8.41. The van der Waals surface area contributed by atoms with Crippen molar-refractivity contribution in [3.05, 3.63) is 76.3 Å². The summed E-state index contributed by atoms with van der Waals surface area (Å²) in [6.45, 7) is 4.51. The summed E-state index contributed by atoms with van der Waals surface area (Å²) < 4.78 is 13.9. The first-order valence-corrected chi connectivity index (χ1v) is 10.6. The number of anilines is 1. The molecule has 0 amide bonds. The zero-order chi connectivity index (χ0) is 20.0. The van der Waals surface area contributed by atoms with Crippen LogP contribution in [-0.2, 0) is 5.41 Å². The zero-order valence-corrected chi connectivity index (χ0v) is 18.1. The molecule has 0 aliphatic carbocycles. The molecule has 2 aliphatic heterocycles. The number of likely N-dealkylation sites (N-methyl/N-ethyl adjacent to an activating group) is 1. The molecule has 0 saturated heterocycles. The number of hydrogen-bond acceptors (Lipinski definition) is 3. The SMILES string of the molecule is CN1c2ccccc2C(C)(C)C12C=Cc1c(c(Br)cc3oc4ccccc4c13)O2. The summed E-state index contributed by atoms with van der Waals surface area (Å²) in [5, 5.41) is 2.21. The van der Waals surface area contributed by atoms with Crippen LogP contribution in [0.5, 0.6) is 5.75 Å². The normalized spacial score (nSPS) is 21.6. The summed E-state index contributed by atoms with van der Waals surface area (Å²) in [4.78, 5) is 2.26. The Morgan fingerprint density at radius 1 is 0.966 bits per heavy atom. The summed E-state index contributed by atoms with van der Waals surface area (Å²) in [6.07, 6.45) is 4.42. The number of furan rings is 1. The lowest BCUT2D eigenvalue weighted by molar-refractivity contribution is 0.0576. The fraction of sp³-hybridized carbons (Fsp3) is 0.200. The second-order valence-corrected chi connectivity index (χ2v) is 9.26. The lowest BCUT2D eigenvalue weighted by Gasteiger charge is -2.46. The number of halogens is 1. The molecule has 29 heavy (non-hydrogen) atoms. The molecule has 4 aromatic rings. The van der Waals surface area contributed by atoms with E-state index < -0.39 is 5.72 Å². The van der Waals surface area contributed by atoms with Gasteiger partial charge in [-0.2, -0.15) is 0 Å². The maximum atomic E-state index is 6.90. The Morgan fingerprint density at radius 3 is 2.55 bits per heavy atom. The maximum absolute atomic E-state index is 6.90. The van der Waals surface area contributed by atoms with Gasteiger partial charge in [-0.1, -0.05) is 36.4 Å². The van der Waals surface area contributed by atoms with Crippen molar-refractivity contribution >= 4 is 49.6 Å². The Hall–Kier alpha value is -2.72. The van der Waals surface area contributed by atoms with Gasteiger partial charge >= 0.3 is 0 Å². The van der Waals surface area contributed by atoms with E-state index in [-0.39, 0.29) is 5.41 Å². The summed E-state index contributed by atoms with van der Waals surface area (Å²) in [6, 6.07) is 18.7. The molecule has 4 heteroatoms. The van der Waals surface area contributed by atoms with E-state index in [0.717, 1.165) is 37.7 Å². The average molecular weight is 446 g/mol. The third kappa shape index (κ3) is 1.98. The number of benzene rings is 3. The number of hydrogen-bond donors (Lipinski definition) is 0. The molecule has 0 bridgehead atoms. The van der Waals surface area contributed by atoms with Gasteiger partial charge in [-0.3, -0.25) is 0 Å². The molecule has 2 aliphatic rings. The topological polar surface area (TPSA) is 25.6 Å². The summed E-state index contributed by atoms with van der Waals surface area (Å²) >= 11 is 3.75. The van der Waals surface area contributed by atoms with Gasteiger partial charge in [0.15, 0.2) is 0 Å². The van der Waals surface area contributed by atoms with Crippen LogP contribution in [0.2, 0.25) is 0 Å². The van der Waals surface area contributed by atoms with E-state index in [9.17, 15) is 0 Å². The van der Waals surface area contributed by atoms with E-state index >= 15 is 0 Å². The van der Waals surface area contributed by atoms with Gasteiger partial charge < -0.3 is 14.1 Å². The van der Waals surface area contributed by atoms with E-state index in [1.807, 2.05) is 24.3 Å². The number of rotatable bonds is 0. The Bertz CT molecular complexity index is 1350. The van der Waals surface area contributed by atoms with Gasteiger partial charge in [-0.25, -0.2) is 0 Å². The van der Waals surface area contributed by atoms with E-state index in [0.29, 0.717) is 0 Å². The van der Waals surface area contributed by atoms with Gasteiger partial charge in [0.25, 0.3) is 0 Å². The predicted octanol–water partition coefficient (Wildman–Crippen LogP) is 6.88. The highest BCUT2D eigenvalue weighted by molar-refractivity contribution is 9.10. The average Bonchev–Trinajstić information content (AvgIpc) is 3.17. The van der Waals surface area contributed by atoms with Gasteiger partial charge in [0.05, 0.1) is 9.89 Å². The maximum Gasteiger partial charge on any atom is 0.211 e. The molecule has 6 rings (SSSR count). The van der Waals surface area contributed by atoms with E-state index in [4.69, 9.17) is 9.15 Å². The standard InChI is InChI=1S/C25H20BrNO2/c1-24(2)17-9-5-6-10-19(17)27(3)25(24)13-12-16-22-15-8-4-7-11-20(15)28-21(22)14-18(26)23(16)29-25/h4-14H,1-3H3. The number of fused-ring (bicyclic) bond motifs is 6. The van der Waals surface area contributed by atoms with Crippen molar-refractivity contribution in [2.75, 3.05) is 11.9 Å². The van der Waals surface area contributed by atoms with Crippen molar-refractivity contribution in [1.82, 2.24) is 0 Å². The Labute approximate surface area is 177 Å². The van der Waals surface area contributed by atoms with Crippen molar-refractivity contribution < 1.29 is 9.15 Å². The molecular weight excluding hydrogens is 426 g/mol. The molecule has 3 heterocycles. The van der Waals surface area contributed by atoms with Crippen LogP contribution in [0.4, 0.5) is 5.69 Å². The Kier molecular flexibility index (Phi) is 3.23. The minimum atomic E-state index is -0.598. The fourth-order valence-corrected chi connectivity index (χ4v) is 5.62. The smallest absolute Gasteiger partial charge is 0.211 e. The van der Waals surface area contributed by atoms with E-state index in [1.54, 1.807) is 0 Å². The molecule has 1 aromatic heterocycles. The predicted molar refractivity (Wildman–Crippen MR) is 122 cm³/mol.